The molecule has 0 saturated heterocycles. The summed E-state index contributed by atoms with van der Waals surface area (Å²) < 4.78 is 21.2. The Kier molecular flexibility index (Phi) is 28.7. The summed E-state index contributed by atoms with van der Waals surface area (Å²) in [5.41, 5.74) is 17.4. The van der Waals surface area contributed by atoms with Gasteiger partial charge in [-0.25, -0.2) is 4.39 Å². The Bertz CT molecular complexity index is 4690. The molecule has 21 nitrogen and oxygen atoms in total. The second-order valence-corrected chi connectivity index (χ2v) is 27.5. The minimum Gasteiger partial charge on any atom is -0.315 e. The molecule has 0 spiro atoms. The number of Topliss-reactive ketones (excluding diaryl/α,β-unsaturated/α-hetero) is 4. The number of ketones is 4. The number of aryl methyl sites for hydroxylation is 6. The van der Waals surface area contributed by atoms with E-state index in [1.165, 1.54) is 11.0 Å². The van der Waals surface area contributed by atoms with Crippen LogP contribution in [-0.4, -0.2) is 119 Å². The first-order chi connectivity index (χ1) is 53.5. The third-order valence-corrected chi connectivity index (χ3v) is 19.2. The maximum Gasteiger partial charge on any atom is 0.226 e. The van der Waals surface area contributed by atoms with Crippen molar-refractivity contribution in [2.75, 3.05) is 47.8 Å². The highest BCUT2D eigenvalue weighted by atomic mass is 35.5. The molecule has 12 rings (SSSR count). The smallest absolute Gasteiger partial charge is 0.226 e. The molecule has 0 N–H and O–H groups in total. The van der Waals surface area contributed by atoms with Crippen LogP contribution in [0.3, 0.4) is 0 Å². The predicted octanol–water partition coefficient (Wildman–Crippen LogP) is 16.3. The molecular weight excluding hydrogens is 1430 g/mol. The molecule has 0 atom stereocenters. The van der Waals surface area contributed by atoms with E-state index in [-0.39, 0.29) is 71.7 Å². The van der Waals surface area contributed by atoms with Crippen molar-refractivity contribution in [2.24, 2.45) is 28.2 Å². The summed E-state index contributed by atoms with van der Waals surface area (Å²) in [4.78, 5) is 108. The van der Waals surface area contributed by atoms with Gasteiger partial charge in [0.05, 0.1) is 70.6 Å². The van der Waals surface area contributed by atoms with Gasteiger partial charge in [-0.15, -0.1) is 0 Å². The Morgan fingerprint density at radius 2 is 0.616 bits per heavy atom. The van der Waals surface area contributed by atoms with E-state index >= 15 is 0 Å². The van der Waals surface area contributed by atoms with E-state index in [1.807, 2.05) is 209 Å². The molecule has 4 amide bonds. The minimum atomic E-state index is -0.461. The normalized spacial score (nSPS) is 10.7. The molecule has 0 aliphatic carbocycles. The zero-order valence-corrected chi connectivity index (χ0v) is 66.5. The topological polar surface area (TPSA) is 234 Å². The second kappa shape index (κ2) is 38.6. The summed E-state index contributed by atoms with van der Waals surface area (Å²) in [5, 5.41) is 17.5. The quantitative estimate of drug-likeness (QED) is 0.0513. The van der Waals surface area contributed by atoms with E-state index in [0.29, 0.717) is 70.6 Å². The summed E-state index contributed by atoms with van der Waals surface area (Å²) in [7, 11) is 14.2. The van der Waals surface area contributed by atoms with Crippen LogP contribution in [0.5, 0.6) is 0 Å². The van der Waals surface area contributed by atoms with E-state index in [9.17, 15) is 42.7 Å². The van der Waals surface area contributed by atoms with Crippen molar-refractivity contribution in [3.63, 3.8) is 0 Å². The van der Waals surface area contributed by atoms with Gasteiger partial charge in [-0.3, -0.25) is 62.1 Å². The fourth-order valence-electron chi connectivity index (χ4n) is 12.4. The van der Waals surface area contributed by atoms with Crippen LogP contribution >= 0.6 is 11.6 Å². The Morgan fingerprint density at radius 3 is 0.920 bits per heavy atom. The molecule has 5 heterocycles. The fourth-order valence-corrected chi connectivity index (χ4v) is 12.7. The summed E-state index contributed by atoms with van der Waals surface area (Å²) >= 11 is 6.39. The Hall–Kier alpha value is -12.7. The van der Waals surface area contributed by atoms with Crippen molar-refractivity contribution in [2.45, 2.75) is 92.9 Å². The largest absolute Gasteiger partial charge is 0.315 e. The summed E-state index contributed by atoms with van der Waals surface area (Å²) in [6, 6.07) is 55.4. The maximum absolute atomic E-state index is 14.5. The standard InChI is InChI=1S/C23H25N3O2.C22H22ClN3O2.C22H22FN3O2.C22H24N4O2/c1-5-23(28)26(4)21-11-10-19(14-16(21)2)17-6-8-18(9-7-17)22(27)15-20-12-13-25(3)24-20;2*1-4-22(28)26(3)20-10-9-17(13-19(20)23)15-5-7-16(8-6-15)21(27)14-18-11-12-25(2)24-18;1-5-22(28)26(4)20-9-7-16(12-15(20)2)19-8-6-17(14-23-19)21(27)13-18-10-11-25(3)24-18/h6-14H,5,15H2,1-4H3;2*5-13H,4,14H2,1-3H3;6-12,14H,5,13H2,1-4H3. The van der Waals surface area contributed by atoms with Gasteiger partial charge in [-0.2, -0.15) is 20.4 Å². The van der Waals surface area contributed by atoms with Crippen LogP contribution < -0.4 is 19.6 Å². The first-order valence-corrected chi connectivity index (χ1v) is 37.1. The SMILES string of the molecule is CCC(=O)N(C)c1ccc(-c2ccc(C(=O)Cc3ccn(C)n3)cc2)cc1C.CCC(=O)N(C)c1ccc(-c2ccc(C(=O)Cc3ccn(C)n3)cc2)cc1Cl.CCC(=O)N(C)c1ccc(-c2ccc(C(=O)Cc3ccn(C)n3)cc2)cc1F.CCC(=O)N(C)c1ccc(-c2ccc(C(=O)Cc3ccn(C)n3)cn2)cc1C. The average Bonchev–Trinajstić information content (AvgIpc) is 1.18. The zero-order chi connectivity index (χ0) is 81.0. The highest BCUT2D eigenvalue weighted by Crippen LogP contribution is 2.34. The number of hydrogen-bond donors (Lipinski definition) is 0. The van der Waals surface area contributed by atoms with E-state index < -0.39 is 5.82 Å². The predicted molar refractivity (Wildman–Crippen MR) is 440 cm³/mol. The molecule has 12 aromatic rings. The zero-order valence-electron chi connectivity index (χ0n) is 65.7. The molecule has 112 heavy (non-hydrogen) atoms. The van der Waals surface area contributed by atoms with Crippen molar-refractivity contribution in [3.8, 4) is 44.6 Å². The number of halogens is 2. The average molecular weight is 1530 g/mol. The fraction of sp³-hybridized carbons (Fsp3) is 0.247. The molecule has 0 aliphatic rings. The van der Waals surface area contributed by atoms with Gasteiger partial charge in [-0.05, 0) is 143 Å². The number of hydrogen-bond acceptors (Lipinski definition) is 13. The third-order valence-electron chi connectivity index (χ3n) is 18.9. The first-order valence-electron chi connectivity index (χ1n) is 36.8. The van der Waals surface area contributed by atoms with Gasteiger partial charge in [0.2, 0.25) is 23.6 Å². The molecule has 0 radical (unpaired) electrons. The van der Waals surface area contributed by atoms with Crippen LogP contribution in [0.25, 0.3) is 44.6 Å². The molecule has 0 bridgehead atoms. The monoisotopic (exact) mass is 1530 g/mol. The third kappa shape index (κ3) is 21.8. The lowest BCUT2D eigenvalue weighted by molar-refractivity contribution is -0.118. The number of amides is 4. The molecule has 7 aromatic carbocycles. The van der Waals surface area contributed by atoms with Gasteiger partial charge in [0.1, 0.15) is 5.82 Å². The van der Waals surface area contributed by atoms with E-state index in [2.05, 4.69) is 31.4 Å². The molecule has 23 heteroatoms. The number of benzene rings is 7. The van der Waals surface area contributed by atoms with Crippen LogP contribution in [-0.2, 0) is 73.1 Å². The van der Waals surface area contributed by atoms with Crippen molar-refractivity contribution >= 4 is 81.1 Å². The van der Waals surface area contributed by atoms with Gasteiger partial charge in [-0.1, -0.05) is 136 Å². The van der Waals surface area contributed by atoms with E-state index in [4.69, 9.17) is 11.6 Å². The lowest BCUT2D eigenvalue weighted by Gasteiger charge is -2.19. The van der Waals surface area contributed by atoms with Crippen molar-refractivity contribution in [1.82, 2.24) is 44.1 Å². The van der Waals surface area contributed by atoms with Gasteiger partial charge >= 0.3 is 0 Å². The Labute approximate surface area is 657 Å². The lowest BCUT2D eigenvalue weighted by Crippen LogP contribution is -2.25. The highest BCUT2D eigenvalue weighted by Gasteiger charge is 2.20. The number of carbonyl (C=O) groups is 8. The molecular formula is C89H93ClFN13O8. The van der Waals surface area contributed by atoms with E-state index in [0.717, 1.165) is 84.4 Å². The number of aromatic nitrogens is 9. The van der Waals surface area contributed by atoms with Crippen molar-refractivity contribution < 1.29 is 42.7 Å². The molecule has 0 aliphatic heterocycles. The van der Waals surface area contributed by atoms with Gasteiger partial charge < -0.3 is 19.6 Å². The number of nitrogens with zero attached hydrogens (tertiary/aromatic N) is 13. The molecule has 576 valence electrons. The second-order valence-electron chi connectivity index (χ2n) is 27.0. The van der Waals surface area contributed by atoms with Gasteiger partial charge in [0.25, 0.3) is 0 Å². The van der Waals surface area contributed by atoms with Crippen molar-refractivity contribution in [1.29, 1.82) is 0 Å². The molecule has 0 saturated carbocycles. The first kappa shape index (κ1) is 83.4. The maximum atomic E-state index is 14.5. The van der Waals surface area contributed by atoms with Crippen molar-refractivity contribution in [3.05, 3.63) is 280 Å². The van der Waals surface area contributed by atoms with Gasteiger partial charge in [0.15, 0.2) is 23.1 Å². The Morgan fingerprint density at radius 1 is 0.339 bits per heavy atom. The summed E-state index contributed by atoms with van der Waals surface area (Å²) in [5.74, 6) is -0.397. The molecule has 0 fully saturated rings. The Balaban J connectivity index is 0.000000171. The molecule has 5 aromatic heterocycles. The minimum absolute atomic E-state index is 0.00502. The number of rotatable bonds is 24. The highest BCUT2D eigenvalue weighted by molar-refractivity contribution is 6.34. The number of anilines is 4. The lowest BCUT2D eigenvalue weighted by atomic mass is 9.99. The van der Waals surface area contributed by atoms with Gasteiger partial charge in [0, 0.05) is 152 Å². The van der Waals surface area contributed by atoms with Crippen LogP contribution in [0.15, 0.2) is 213 Å². The number of pyridine rings is 1. The summed E-state index contributed by atoms with van der Waals surface area (Å²) in [6.45, 7) is 11.2. The van der Waals surface area contributed by atoms with Crippen LogP contribution in [0.4, 0.5) is 27.1 Å². The van der Waals surface area contributed by atoms with Crippen LogP contribution in [0.1, 0.15) is 129 Å². The van der Waals surface area contributed by atoms with Crippen LogP contribution in [0.2, 0.25) is 5.02 Å². The van der Waals surface area contributed by atoms with E-state index in [1.54, 1.807) is 123 Å². The number of carbonyl (C=O) groups excluding carboxylic acids is 8. The summed E-state index contributed by atoms with van der Waals surface area (Å²) in [6.07, 6.45) is 11.6. The van der Waals surface area contributed by atoms with Crippen LogP contribution in [0, 0.1) is 19.7 Å². The molecule has 0 unspecified atom stereocenters.